The second-order valence-corrected chi connectivity index (χ2v) is 2.41. The molecule has 0 fully saturated rings. The standard InChI is InChI=1S/C9H7N3O2/c10-5-7-1-3-8(4-2-7)9(14)12-11-6-13/h1-4,6H,(H,11,13)(H,12,14). The van der Waals surface area contributed by atoms with Gasteiger partial charge in [0.15, 0.2) is 0 Å². The summed E-state index contributed by atoms with van der Waals surface area (Å²) in [6, 6.07) is 7.98. The van der Waals surface area contributed by atoms with Gasteiger partial charge in [0.05, 0.1) is 11.6 Å². The highest BCUT2D eigenvalue weighted by molar-refractivity contribution is 5.94. The fourth-order valence-electron chi connectivity index (χ4n) is 0.863. The van der Waals surface area contributed by atoms with Crippen LogP contribution in [-0.4, -0.2) is 12.3 Å². The van der Waals surface area contributed by atoms with E-state index in [1.54, 1.807) is 0 Å². The van der Waals surface area contributed by atoms with Crippen molar-refractivity contribution in [3.05, 3.63) is 35.4 Å². The SMILES string of the molecule is N#Cc1ccc(C(=O)NNC=O)cc1. The number of benzene rings is 1. The van der Waals surface area contributed by atoms with Gasteiger partial charge in [0.1, 0.15) is 0 Å². The molecule has 1 aromatic rings. The third-order valence-corrected chi connectivity index (χ3v) is 1.52. The van der Waals surface area contributed by atoms with Gasteiger partial charge in [0.25, 0.3) is 5.91 Å². The minimum Gasteiger partial charge on any atom is -0.277 e. The van der Waals surface area contributed by atoms with E-state index in [1.807, 2.05) is 11.5 Å². The number of nitrogens with one attached hydrogen (secondary N) is 2. The van der Waals surface area contributed by atoms with Gasteiger partial charge in [-0.15, -0.1) is 0 Å². The highest BCUT2D eigenvalue weighted by Crippen LogP contribution is 2.02. The summed E-state index contributed by atoms with van der Waals surface area (Å²) in [4.78, 5) is 21.1. The van der Waals surface area contributed by atoms with E-state index in [0.29, 0.717) is 17.5 Å². The molecule has 0 aliphatic carbocycles. The molecule has 0 aliphatic heterocycles. The van der Waals surface area contributed by atoms with E-state index in [4.69, 9.17) is 5.26 Å². The first-order valence-corrected chi connectivity index (χ1v) is 3.77. The molecule has 70 valence electrons. The van der Waals surface area contributed by atoms with Crippen molar-refractivity contribution in [3.63, 3.8) is 0 Å². The van der Waals surface area contributed by atoms with Crippen LogP contribution in [0.5, 0.6) is 0 Å². The first-order valence-electron chi connectivity index (χ1n) is 3.77. The molecule has 0 saturated carbocycles. The summed E-state index contributed by atoms with van der Waals surface area (Å²) >= 11 is 0. The van der Waals surface area contributed by atoms with Crippen LogP contribution in [0.2, 0.25) is 0 Å². The summed E-state index contributed by atoms with van der Waals surface area (Å²) in [5.41, 5.74) is 5.03. The van der Waals surface area contributed by atoms with Crippen molar-refractivity contribution in [2.75, 3.05) is 0 Å². The van der Waals surface area contributed by atoms with Crippen molar-refractivity contribution in [2.24, 2.45) is 0 Å². The molecule has 2 N–H and O–H groups in total. The van der Waals surface area contributed by atoms with Gasteiger partial charge in [0, 0.05) is 5.56 Å². The fourth-order valence-corrected chi connectivity index (χ4v) is 0.863. The minimum absolute atomic E-state index is 0.363. The van der Waals surface area contributed by atoms with Crippen LogP contribution in [0, 0.1) is 11.3 Å². The zero-order chi connectivity index (χ0) is 10.4. The topological polar surface area (TPSA) is 82.0 Å². The Bertz CT molecular complexity index is 378. The Morgan fingerprint density at radius 2 is 2.00 bits per heavy atom. The average molecular weight is 189 g/mol. The lowest BCUT2D eigenvalue weighted by molar-refractivity contribution is -0.110. The van der Waals surface area contributed by atoms with Crippen LogP contribution in [0.1, 0.15) is 15.9 Å². The molecular formula is C9H7N3O2. The summed E-state index contributed by atoms with van der Waals surface area (Å²) in [6.45, 7) is 0. The third kappa shape index (κ3) is 2.32. The lowest BCUT2D eigenvalue weighted by Gasteiger charge is -2.01. The van der Waals surface area contributed by atoms with Crippen LogP contribution in [-0.2, 0) is 4.79 Å². The molecule has 1 aromatic carbocycles. The van der Waals surface area contributed by atoms with Gasteiger partial charge in [-0.05, 0) is 24.3 Å². The van der Waals surface area contributed by atoms with Crippen molar-refractivity contribution in [2.45, 2.75) is 0 Å². The molecule has 0 spiro atoms. The number of nitrogens with zero attached hydrogens (tertiary/aromatic N) is 1. The summed E-state index contributed by atoms with van der Waals surface area (Å²) in [5.74, 6) is -0.429. The number of carbonyl (C=O) groups is 2. The summed E-state index contributed by atoms with van der Waals surface area (Å²) < 4.78 is 0. The van der Waals surface area contributed by atoms with Gasteiger partial charge >= 0.3 is 0 Å². The van der Waals surface area contributed by atoms with E-state index in [0.717, 1.165) is 0 Å². The van der Waals surface area contributed by atoms with Gasteiger partial charge in [-0.1, -0.05) is 0 Å². The Morgan fingerprint density at radius 3 is 2.50 bits per heavy atom. The summed E-state index contributed by atoms with van der Waals surface area (Å²) in [5, 5.41) is 8.50. The maximum absolute atomic E-state index is 11.2. The van der Waals surface area contributed by atoms with Crippen molar-refractivity contribution in [1.29, 1.82) is 5.26 Å². The van der Waals surface area contributed by atoms with Crippen LogP contribution in [0.3, 0.4) is 0 Å². The Labute approximate surface area is 80.3 Å². The first-order chi connectivity index (χ1) is 6.77. The van der Waals surface area contributed by atoms with Crippen LogP contribution < -0.4 is 10.9 Å². The second kappa shape index (κ2) is 4.62. The first kappa shape index (κ1) is 9.74. The number of carbonyl (C=O) groups excluding carboxylic acids is 2. The van der Waals surface area contributed by atoms with Crippen molar-refractivity contribution in [3.8, 4) is 6.07 Å². The summed E-state index contributed by atoms with van der Waals surface area (Å²) in [7, 11) is 0. The van der Waals surface area contributed by atoms with E-state index in [-0.39, 0.29) is 0 Å². The average Bonchev–Trinajstić information content (AvgIpc) is 2.26. The van der Waals surface area contributed by atoms with Crippen molar-refractivity contribution < 1.29 is 9.59 Å². The van der Waals surface area contributed by atoms with Crippen LogP contribution in [0.15, 0.2) is 24.3 Å². The molecule has 14 heavy (non-hydrogen) atoms. The number of hydrogen-bond donors (Lipinski definition) is 2. The second-order valence-electron chi connectivity index (χ2n) is 2.41. The summed E-state index contributed by atoms with van der Waals surface area (Å²) in [6.07, 6.45) is 0.363. The molecule has 5 heteroatoms. The minimum atomic E-state index is -0.429. The molecule has 1 rings (SSSR count). The van der Waals surface area contributed by atoms with Crippen molar-refractivity contribution in [1.82, 2.24) is 10.9 Å². The Balaban J connectivity index is 2.72. The Hall–Kier alpha value is -2.35. The molecule has 0 atom stereocenters. The molecule has 0 heterocycles. The number of nitriles is 1. The third-order valence-electron chi connectivity index (χ3n) is 1.52. The van der Waals surface area contributed by atoms with Crippen LogP contribution >= 0.6 is 0 Å². The van der Waals surface area contributed by atoms with Gasteiger partial charge < -0.3 is 0 Å². The zero-order valence-corrected chi connectivity index (χ0v) is 7.15. The molecule has 0 aromatic heterocycles. The lowest BCUT2D eigenvalue weighted by Crippen LogP contribution is -2.36. The Kier molecular flexibility index (Phi) is 3.21. The number of amides is 2. The lowest BCUT2D eigenvalue weighted by atomic mass is 10.1. The molecule has 0 unspecified atom stereocenters. The fraction of sp³-hybridized carbons (Fsp3) is 0. The molecule has 0 bridgehead atoms. The number of hydrazine groups is 1. The van der Waals surface area contributed by atoms with Crippen LogP contribution in [0.4, 0.5) is 0 Å². The monoisotopic (exact) mass is 189 g/mol. The zero-order valence-electron chi connectivity index (χ0n) is 7.15. The Morgan fingerprint density at radius 1 is 1.36 bits per heavy atom. The molecule has 5 nitrogen and oxygen atoms in total. The maximum atomic E-state index is 11.2. The van der Waals surface area contributed by atoms with Gasteiger partial charge in [0.2, 0.25) is 6.41 Å². The molecule has 2 amide bonds. The normalized spacial score (nSPS) is 8.50. The van der Waals surface area contributed by atoms with Gasteiger partial charge in [-0.25, -0.2) is 0 Å². The van der Waals surface area contributed by atoms with Gasteiger partial charge in [-0.2, -0.15) is 5.26 Å². The maximum Gasteiger partial charge on any atom is 0.269 e. The highest BCUT2D eigenvalue weighted by atomic mass is 16.2. The number of hydrogen-bond acceptors (Lipinski definition) is 3. The predicted molar refractivity (Wildman–Crippen MR) is 47.8 cm³/mol. The quantitative estimate of drug-likeness (QED) is 0.516. The van der Waals surface area contributed by atoms with E-state index in [2.05, 4.69) is 5.43 Å². The molecular weight excluding hydrogens is 182 g/mol. The van der Waals surface area contributed by atoms with Crippen molar-refractivity contribution >= 4 is 12.3 Å². The van der Waals surface area contributed by atoms with E-state index in [1.165, 1.54) is 24.3 Å². The molecule has 0 saturated heterocycles. The van der Waals surface area contributed by atoms with E-state index >= 15 is 0 Å². The largest absolute Gasteiger partial charge is 0.277 e. The number of rotatable bonds is 3. The smallest absolute Gasteiger partial charge is 0.269 e. The van der Waals surface area contributed by atoms with E-state index in [9.17, 15) is 9.59 Å². The highest BCUT2D eigenvalue weighted by Gasteiger charge is 2.03. The van der Waals surface area contributed by atoms with E-state index < -0.39 is 5.91 Å². The van der Waals surface area contributed by atoms with Gasteiger partial charge in [-0.3, -0.25) is 20.4 Å². The molecule has 0 aliphatic rings. The van der Waals surface area contributed by atoms with Crippen LogP contribution in [0.25, 0.3) is 0 Å². The molecule has 0 radical (unpaired) electrons. The predicted octanol–water partition coefficient (Wildman–Crippen LogP) is -0.0509.